The highest BCUT2D eigenvalue weighted by atomic mass is 32.2. The van der Waals surface area contributed by atoms with E-state index in [0.717, 1.165) is 25.9 Å². The van der Waals surface area contributed by atoms with Crippen LogP contribution in [0.3, 0.4) is 0 Å². The smallest absolute Gasteiger partial charge is 0.285 e. The summed E-state index contributed by atoms with van der Waals surface area (Å²) < 4.78 is 27.9. The Bertz CT molecular complexity index is 1040. The van der Waals surface area contributed by atoms with Crippen molar-refractivity contribution in [2.24, 2.45) is 4.40 Å². The fourth-order valence-electron chi connectivity index (χ4n) is 3.29. The summed E-state index contributed by atoms with van der Waals surface area (Å²) in [7, 11) is -3.78. The zero-order valence-corrected chi connectivity index (χ0v) is 15.7. The molecular weight excluding hydrogens is 366 g/mol. The summed E-state index contributed by atoms with van der Waals surface area (Å²) in [5, 5.41) is 2.59. The number of sulfonamides is 1. The molecule has 0 atom stereocenters. The van der Waals surface area contributed by atoms with Gasteiger partial charge in [-0.1, -0.05) is 12.1 Å². The molecule has 1 fully saturated rings. The van der Waals surface area contributed by atoms with Crippen molar-refractivity contribution in [1.82, 2.24) is 15.3 Å². The summed E-state index contributed by atoms with van der Waals surface area (Å²) in [4.78, 5) is 23.6. The van der Waals surface area contributed by atoms with Crippen LogP contribution in [0.5, 0.6) is 0 Å². The summed E-state index contributed by atoms with van der Waals surface area (Å²) >= 11 is 0. The van der Waals surface area contributed by atoms with E-state index >= 15 is 0 Å². The van der Waals surface area contributed by atoms with Crippen molar-refractivity contribution in [3.8, 4) is 0 Å². The molecule has 0 bridgehead atoms. The molecular formula is C18H19N5O3S. The number of carbonyl (C=O) groups excluding carboxylic acids is 1. The van der Waals surface area contributed by atoms with Crippen LogP contribution < -0.4 is 10.2 Å². The van der Waals surface area contributed by atoms with E-state index in [1.54, 1.807) is 25.1 Å². The molecule has 1 N–H and O–H groups in total. The zero-order valence-electron chi connectivity index (χ0n) is 14.8. The molecule has 3 heterocycles. The maximum absolute atomic E-state index is 12.6. The maximum atomic E-state index is 12.6. The van der Waals surface area contributed by atoms with Gasteiger partial charge >= 0.3 is 0 Å². The molecule has 1 amide bonds. The molecule has 27 heavy (non-hydrogen) atoms. The van der Waals surface area contributed by atoms with Gasteiger partial charge in [-0.2, -0.15) is 8.42 Å². The second-order valence-corrected chi connectivity index (χ2v) is 8.15. The Balaban J connectivity index is 1.57. The zero-order chi connectivity index (χ0) is 19.0. The second kappa shape index (κ2) is 6.73. The number of amidine groups is 1. The van der Waals surface area contributed by atoms with Crippen LogP contribution in [0, 0.1) is 6.92 Å². The summed E-state index contributed by atoms with van der Waals surface area (Å²) in [6.07, 6.45) is 4.91. The van der Waals surface area contributed by atoms with Crippen LogP contribution >= 0.6 is 0 Å². The molecule has 2 aliphatic heterocycles. The van der Waals surface area contributed by atoms with Crippen LogP contribution in [-0.2, 0) is 10.0 Å². The lowest BCUT2D eigenvalue weighted by Crippen LogP contribution is -2.33. The molecule has 8 nitrogen and oxygen atoms in total. The van der Waals surface area contributed by atoms with E-state index in [1.165, 1.54) is 18.7 Å². The van der Waals surface area contributed by atoms with Crippen LogP contribution in [-0.4, -0.2) is 43.2 Å². The number of aryl methyl sites for hydroxylation is 1. The van der Waals surface area contributed by atoms with Crippen LogP contribution in [0.15, 0.2) is 39.8 Å². The van der Waals surface area contributed by atoms with E-state index < -0.39 is 15.9 Å². The Morgan fingerprint density at radius 1 is 1.15 bits per heavy atom. The molecule has 0 spiro atoms. The number of amides is 1. The normalized spacial score (nSPS) is 18.0. The number of rotatable bonds is 2. The van der Waals surface area contributed by atoms with Gasteiger partial charge in [0.25, 0.3) is 15.9 Å². The molecule has 0 unspecified atom stereocenters. The summed E-state index contributed by atoms with van der Waals surface area (Å²) in [5.41, 5.74) is 1.22. The third-order valence-corrected chi connectivity index (χ3v) is 6.05. The van der Waals surface area contributed by atoms with Gasteiger partial charge in [0.2, 0.25) is 5.95 Å². The molecule has 4 rings (SSSR count). The monoisotopic (exact) mass is 385 g/mol. The summed E-state index contributed by atoms with van der Waals surface area (Å²) in [6, 6.07) is 6.40. The first-order chi connectivity index (χ1) is 13.0. The van der Waals surface area contributed by atoms with Gasteiger partial charge in [0.1, 0.15) is 4.90 Å². The molecule has 1 aromatic heterocycles. The lowest BCUT2D eigenvalue weighted by atomic mass is 10.1. The van der Waals surface area contributed by atoms with Crippen LogP contribution in [0.2, 0.25) is 0 Å². The van der Waals surface area contributed by atoms with Crippen molar-refractivity contribution in [2.75, 3.05) is 18.0 Å². The second-order valence-electron chi connectivity index (χ2n) is 6.58. The van der Waals surface area contributed by atoms with Crippen LogP contribution in [0.1, 0.15) is 40.9 Å². The van der Waals surface area contributed by atoms with Gasteiger partial charge in [-0.15, -0.1) is 4.40 Å². The van der Waals surface area contributed by atoms with Crippen molar-refractivity contribution >= 4 is 27.7 Å². The van der Waals surface area contributed by atoms with Gasteiger partial charge in [0.15, 0.2) is 5.84 Å². The number of benzene rings is 1. The Morgan fingerprint density at radius 2 is 1.89 bits per heavy atom. The third-order valence-electron chi connectivity index (χ3n) is 4.71. The minimum Gasteiger partial charge on any atom is -0.341 e. The first-order valence-corrected chi connectivity index (χ1v) is 10.2. The summed E-state index contributed by atoms with van der Waals surface area (Å²) in [5.74, 6) is 0.160. The third kappa shape index (κ3) is 3.30. The molecule has 0 saturated carbocycles. The molecule has 9 heteroatoms. The summed E-state index contributed by atoms with van der Waals surface area (Å²) in [6.45, 7) is 3.57. The number of nitrogens with one attached hydrogen (secondary N) is 1. The predicted molar refractivity (Wildman–Crippen MR) is 100 cm³/mol. The first-order valence-electron chi connectivity index (χ1n) is 8.80. The van der Waals surface area contributed by atoms with E-state index in [1.807, 2.05) is 0 Å². The number of carbonyl (C=O) groups is 1. The average molecular weight is 385 g/mol. The molecule has 2 aliphatic rings. The largest absolute Gasteiger partial charge is 0.341 e. The number of piperidine rings is 1. The fourth-order valence-corrected chi connectivity index (χ4v) is 4.47. The van der Waals surface area contributed by atoms with E-state index in [0.29, 0.717) is 22.8 Å². The standard InChI is InChI=1S/C18H19N5O3S/c1-12-14(11-19-18(20-12)23-9-5-2-6-10-23)17(24)21-16-13-7-3-4-8-15(13)27(25,26)22-16/h3-4,7-8,11H,2,5-6,9-10H2,1H3,(H,21,22,24). The predicted octanol–water partition coefficient (Wildman–Crippen LogP) is 1.65. The van der Waals surface area contributed by atoms with Crippen molar-refractivity contribution in [3.63, 3.8) is 0 Å². The Labute approximate surface area is 157 Å². The van der Waals surface area contributed by atoms with Crippen molar-refractivity contribution in [2.45, 2.75) is 31.1 Å². The van der Waals surface area contributed by atoms with E-state index in [4.69, 9.17) is 0 Å². The first kappa shape index (κ1) is 17.6. The molecule has 1 saturated heterocycles. The minimum atomic E-state index is -3.78. The van der Waals surface area contributed by atoms with Gasteiger partial charge in [-0.25, -0.2) is 9.97 Å². The van der Waals surface area contributed by atoms with Gasteiger partial charge in [0.05, 0.1) is 11.3 Å². The highest BCUT2D eigenvalue weighted by molar-refractivity contribution is 7.90. The molecule has 0 radical (unpaired) electrons. The number of anilines is 1. The molecule has 1 aromatic carbocycles. The molecule has 0 aliphatic carbocycles. The van der Waals surface area contributed by atoms with Gasteiger partial charge in [0, 0.05) is 24.8 Å². The van der Waals surface area contributed by atoms with Gasteiger partial charge in [-0.05, 0) is 38.3 Å². The molecule has 2 aromatic rings. The Morgan fingerprint density at radius 3 is 2.63 bits per heavy atom. The highest BCUT2D eigenvalue weighted by Gasteiger charge is 2.30. The number of aromatic nitrogens is 2. The lowest BCUT2D eigenvalue weighted by Gasteiger charge is -2.26. The van der Waals surface area contributed by atoms with Crippen molar-refractivity contribution in [3.05, 3.63) is 47.3 Å². The SMILES string of the molecule is Cc1nc(N2CCCCC2)ncc1C(=O)NC1=NS(=O)(=O)c2ccccc21. The number of hydrogen-bond acceptors (Lipinski definition) is 6. The van der Waals surface area contributed by atoms with E-state index in [9.17, 15) is 13.2 Å². The fraction of sp³-hybridized carbons (Fsp3) is 0.333. The maximum Gasteiger partial charge on any atom is 0.285 e. The van der Waals surface area contributed by atoms with Crippen molar-refractivity contribution in [1.29, 1.82) is 0 Å². The lowest BCUT2D eigenvalue weighted by molar-refractivity contribution is 0.0976. The van der Waals surface area contributed by atoms with Crippen molar-refractivity contribution < 1.29 is 13.2 Å². The minimum absolute atomic E-state index is 0.0232. The number of nitrogens with zero attached hydrogens (tertiary/aromatic N) is 4. The number of hydrogen-bond donors (Lipinski definition) is 1. The quantitative estimate of drug-likeness (QED) is 0.843. The Hall–Kier alpha value is -2.81. The average Bonchev–Trinajstić information content (AvgIpc) is 2.93. The van der Waals surface area contributed by atoms with E-state index in [-0.39, 0.29) is 10.7 Å². The highest BCUT2D eigenvalue weighted by Crippen LogP contribution is 2.25. The van der Waals surface area contributed by atoms with Crippen LogP contribution in [0.25, 0.3) is 0 Å². The topological polar surface area (TPSA) is 105 Å². The molecule has 140 valence electrons. The Kier molecular flexibility index (Phi) is 4.39. The van der Waals surface area contributed by atoms with Gasteiger partial charge < -0.3 is 10.2 Å². The van der Waals surface area contributed by atoms with Crippen LogP contribution in [0.4, 0.5) is 5.95 Å². The van der Waals surface area contributed by atoms with Gasteiger partial charge in [-0.3, -0.25) is 4.79 Å². The number of fused-ring (bicyclic) bond motifs is 1. The van der Waals surface area contributed by atoms with E-state index in [2.05, 4.69) is 24.6 Å².